The second-order valence-corrected chi connectivity index (χ2v) is 3.79. The molecule has 0 bridgehead atoms. The summed E-state index contributed by atoms with van der Waals surface area (Å²) in [6, 6.07) is -1.26. The molecule has 0 aliphatic carbocycles. The molecule has 0 unspecified atom stereocenters. The van der Waals surface area contributed by atoms with Gasteiger partial charge in [-0.2, -0.15) is 8.42 Å². The molecule has 0 radical (unpaired) electrons. The van der Waals surface area contributed by atoms with Crippen molar-refractivity contribution in [3.8, 4) is 0 Å². The molecule has 0 saturated carbocycles. The fourth-order valence-corrected chi connectivity index (χ4v) is 0.644. The monoisotopic (exact) mass is 319 g/mol. The number of halogens is 1. The summed E-state index contributed by atoms with van der Waals surface area (Å²) in [7, 11) is -4.67. The van der Waals surface area contributed by atoms with Crippen molar-refractivity contribution in [2.75, 3.05) is 6.61 Å². The van der Waals surface area contributed by atoms with Gasteiger partial charge in [-0.05, 0) is 0 Å². The number of nitrogens with two attached hydrogens (primary N) is 1. The van der Waals surface area contributed by atoms with E-state index in [0.29, 0.717) is 0 Å². The zero-order valence-corrected chi connectivity index (χ0v) is 11.4. The summed E-state index contributed by atoms with van der Waals surface area (Å²) in [5.41, 5.74) is 5.04. The number of aldehydes is 1. The minimum atomic E-state index is -4.67. The number of hydrogen-bond donors (Lipinski definition) is 7. The Morgan fingerprint density at radius 3 is 1.63 bits per heavy atom. The maximum atomic E-state index is 10.0. The van der Waals surface area contributed by atoms with Gasteiger partial charge in [0.05, 0.1) is 12.6 Å². The molecular formula is C6H15ClLiNO9S. The quantitative estimate of drug-likeness (QED) is 0.145. The number of aliphatic hydroxyl groups is 4. The molecule has 0 aliphatic heterocycles. The van der Waals surface area contributed by atoms with Crippen LogP contribution in [0.3, 0.4) is 0 Å². The van der Waals surface area contributed by atoms with Crippen LogP contribution in [0.4, 0.5) is 0 Å². The Morgan fingerprint density at radius 2 is 1.42 bits per heavy atom. The van der Waals surface area contributed by atoms with Gasteiger partial charge in [-0.1, -0.05) is 0 Å². The maximum absolute atomic E-state index is 10.0. The molecule has 0 amide bonds. The summed E-state index contributed by atoms with van der Waals surface area (Å²) in [6.07, 6.45) is -4.43. The first kappa shape index (κ1) is 27.5. The molecule has 0 heterocycles. The van der Waals surface area contributed by atoms with E-state index >= 15 is 0 Å². The average molecular weight is 320 g/mol. The molecule has 10 nitrogen and oxygen atoms in total. The Labute approximate surface area is 127 Å². The smallest absolute Gasteiger partial charge is 1.00 e. The van der Waals surface area contributed by atoms with E-state index in [1.165, 1.54) is 0 Å². The van der Waals surface area contributed by atoms with Gasteiger partial charge in [0.25, 0.3) is 0 Å². The molecule has 8 N–H and O–H groups in total. The number of carbonyl (C=O) groups is 1. The van der Waals surface area contributed by atoms with Gasteiger partial charge >= 0.3 is 29.3 Å². The largest absolute Gasteiger partial charge is 1.00 e. The molecule has 4 atom stereocenters. The Balaban J connectivity index is -0.000000139. The summed E-state index contributed by atoms with van der Waals surface area (Å²) in [6.45, 7) is -0.705. The van der Waals surface area contributed by atoms with Gasteiger partial charge in [-0.3, -0.25) is 9.11 Å². The van der Waals surface area contributed by atoms with Crippen molar-refractivity contribution in [3.63, 3.8) is 0 Å². The van der Waals surface area contributed by atoms with Crippen molar-refractivity contribution >= 4 is 16.7 Å². The number of aliphatic hydroxyl groups excluding tert-OH is 4. The standard InChI is InChI=1S/C6H13NO5.ClH.Li.H2O4S/c7-3(1-8)5(11)6(12)4(10)2-9;;;1-5(2,3)4/h1,3-6,9-12H,2,7H2;1H;;(H2,1,2,3,4)/q;;+1;/p-1/t3-,4+,5+,6+;;;/m0.../s1. The van der Waals surface area contributed by atoms with Crippen LogP contribution in [0.25, 0.3) is 0 Å². The van der Waals surface area contributed by atoms with Crippen LogP contribution in [0.2, 0.25) is 0 Å². The van der Waals surface area contributed by atoms with Crippen LogP contribution in [0.5, 0.6) is 0 Å². The van der Waals surface area contributed by atoms with Gasteiger partial charge in [-0.15, -0.1) is 0 Å². The third-order valence-electron chi connectivity index (χ3n) is 1.48. The first-order chi connectivity index (χ1) is 7.54. The van der Waals surface area contributed by atoms with Crippen LogP contribution in [0.15, 0.2) is 0 Å². The van der Waals surface area contributed by atoms with E-state index in [-0.39, 0.29) is 37.6 Å². The van der Waals surface area contributed by atoms with Crippen LogP contribution >= 0.6 is 0 Å². The van der Waals surface area contributed by atoms with E-state index in [1.807, 2.05) is 0 Å². The van der Waals surface area contributed by atoms with Crippen LogP contribution in [-0.4, -0.2) is 75.2 Å². The molecule has 0 fully saturated rings. The third-order valence-corrected chi connectivity index (χ3v) is 1.48. The second-order valence-electron chi connectivity index (χ2n) is 2.89. The zero-order chi connectivity index (χ0) is 14.2. The first-order valence-electron chi connectivity index (χ1n) is 4.10. The van der Waals surface area contributed by atoms with Crippen molar-refractivity contribution in [2.45, 2.75) is 24.4 Å². The van der Waals surface area contributed by atoms with E-state index in [2.05, 4.69) is 0 Å². The fraction of sp³-hybridized carbons (Fsp3) is 0.833. The summed E-state index contributed by atoms with van der Waals surface area (Å²) in [4.78, 5) is 10.0. The molecule has 0 aliphatic rings. The van der Waals surface area contributed by atoms with Crippen molar-refractivity contribution in [1.29, 1.82) is 0 Å². The minimum Gasteiger partial charge on any atom is -1.00 e. The van der Waals surface area contributed by atoms with E-state index in [1.54, 1.807) is 0 Å². The van der Waals surface area contributed by atoms with Gasteiger partial charge in [0, 0.05) is 0 Å². The Bertz CT molecular complexity index is 308. The fourth-order valence-electron chi connectivity index (χ4n) is 0.644. The molecule has 0 spiro atoms. The normalized spacial score (nSPS) is 16.4. The third kappa shape index (κ3) is 18.2. The van der Waals surface area contributed by atoms with Gasteiger partial charge in [0.15, 0.2) is 0 Å². The summed E-state index contributed by atoms with van der Waals surface area (Å²) >= 11 is 0. The van der Waals surface area contributed by atoms with E-state index in [9.17, 15) is 4.79 Å². The number of hydrogen-bond acceptors (Lipinski definition) is 8. The van der Waals surface area contributed by atoms with E-state index < -0.39 is 41.4 Å². The predicted octanol–water partition coefficient (Wildman–Crippen LogP) is -10.1. The molecule has 0 aromatic carbocycles. The minimum absolute atomic E-state index is 0. The number of carbonyl (C=O) groups excluding carboxylic acids is 1. The van der Waals surface area contributed by atoms with Crippen molar-refractivity contribution in [3.05, 3.63) is 0 Å². The molecule has 19 heavy (non-hydrogen) atoms. The molecule has 0 aromatic rings. The SMILES string of the molecule is N[C@@H](C=O)[C@@H](O)[C@H](O)[C@H](O)CO.O=S(=O)(O)O.[Cl-].[Li+]. The molecule has 112 valence electrons. The van der Waals surface area contributed by atoms with Crippen LogP contribution in [0, 0.1) is 0 Å². The Morgan fingerprint density at radius 1 is 1.11 bits per heavy atom. The first-order valence-corrected chi connectivity index (χ1v) is 5.50. The van der Waals surface area contributed by atoms with E-state index in [0.717, 1.165) is 0 Å². The maximum Gasteiger partial charge on any atom is 1.00 e. The summed E-state index contributed by atoms with van der Waals surface area (Å²) in [5.74, 6) is 0. The van der Waals surface area contributed by atoms with Crippen LogP contribution in [-0.2, 0) is 15.2 Å². The van der Waals surface area contributed by atoms with Gasteiger partial charge in [-0.25, -0.2) is 0 Å². The Hall–Kier alpha value is 0.227. The number of rotatable bonds is 5. The van der Waals surface area contributed by atoms with Gasteiger partial charge < -0.3 is 43.4 Å². The topological polar surface area (TPSA) is 199 Å². The van der Waals surface area contributed by atoms with Crippen molar-refractivity contribution in [2.24, 2.45) is 5.73 Å². The Kier molecular flexibility index (Phi) is 19.2. The predicted molar refractivity (Wildman–Crippen MR) is 53.3 cm³/mol. The van der Waals surface area contributed by atoms with Crippen molar-refractivity contribution < 1.29 is 74.0 Å². The molecule has 13 heteroatoms. The van der Waals surface area contributed by atoms with Crippen LogP contribution in [0.1, 0.15) is 0 Å². The molecular weight excluding hydrogens is 305 g/mol. The average Bonchev–Trinajstić information content (AvgIpc) is 2.22. The summed E-state index contributed by atoms with van der Waals surface area (Å²) in [5, 5.41) is 35.2. The molecule has 0 rings (SSSR count). The zero-order valence-electron chi connectivity index (χ0n) is 9.87. The van der Waals surface area contributed by atoms with Gasteiger partial charge in [0.1, 0.15) is 24.6 Å². The van der Waals surface area contributed by atoms with Gasteiger partial charge in [0.2, 0.25) is 0 Å². The van der Waals surface area contributed by atoms with Crippen molar-refractivity contribution in [1.82, 2.24) is 0 Å². The molecule has 0 aromatic heterocycles. The molecule has 0 saturated heterocycles. The van der Waals surface area contributed by atoms with Crippen LogP contribution < -0.4 is 37.0 Å². The second kappa shape index (κ2) is 13.2. The van der Waals surface area contributed by atoms with E-state index in [4.69, 9.17) is 43.7 Å². The summed E-state index contributed by atoms with van der Waals surface area (Å²) < 4.78 is 31.6.